The molecule has 4 heteroatoms. The zero-order valence-corrected chi connectivity index (χ0v) is 11.2. The Balaban J connectivity index is 2.33. The van der Waals surface area contributed by atoms with Gasteiger partial charge in [-0.15, -0.1) is 0 Å². The lowest BCUT2D eigenvalue weighted by Gasteiger charge is -2.08. The number of nitrogens with two attached hydrogens (primary N) is 1. The highest BCUT2D eigenvalue weighted by molar-refractivity contribution is 6.10. The first-order valence-electron chi connectivity index (χ1n) is 6.33. The van der Waals surface area contributed by atoms with Crippen molar-refractivity contribution in [3.05, 3.63) is 65.0 Å². The van der Waals surface area contributed by atoms with Crippen LogP contribution in [0.1, 0.15) is 21.5 Å². The molecule has 0 atom stereocenters. The van der Waals surface area contributed by atoms with Crippen LogP contribution in [0.15, 0.2) is 42.5 Å². The Hall–Kier alpha value is -2.20. The number of ether oxygens (including phenoxy) is 1. The Bertz CT molecular complexity index is 608. The van der Waals surface area contributed by atoms with Crippen molar-refractivity contribution < 1.29 is 13.9 Å². The lowest BCUT2D eigenvalue weighted by molar-refractivity contribution is 0.103. The molecule has 2 aromatic carbocycles. The summed E-state index contributed by atoms with van der Waals surface area (Å²) in [5, 5.41) is 0. The van der Waals surface area contributed by atoms with Crippen LogP contribution in [0.3, 0.4) is 0 Å². The Morgan fingerprint density at radius 3 is 2.50 bits per heavy atom. The Kier molecular flexibility index (Phi) is 4.48. The van der Waals surface area contributed by atoms with Crippen LogP contribution in [0, 0.1) is 5.82 Å². The summed E-state index contributed by atoms with van der Waals surface area (Å²) in [5.41, 5.74) is 7.26. The second-order valence-electron chi connectivity index (χ2n) is 4.41. The van der Waals surface area contributed by atoms with Gasteiger partial charge in [0.05, 0.1) is 12.7 Å². The van der Waals surface area contributed by atoms with Crippen molar-refractivity contribution in [1.82, 2.24) is 0 Å². The third-order valence-electron chi connectivity index (χ3n) is 3.06. The Morgan fingerprint density at radius 1 is 1.20 bits per heavy atom. The van der Waals surface area contributed by atoms with Crippen molar-refractivity contribution in [3.63, 3.8) is 0 Å². The molecular formula is C16H16FNO2. The van der Waals surface area contributed by atoms with Gasteiger partial charge in [0.25, 0.3) is 0 Å². The van der Waals surface area contributed by atoms with Crippen molar-refractivity contribution in [2.45, 2.75) is 6.42 Å². The molecule has 0 aliphatic rings. The molecule has 0 amide bonds. The van der Waals surface area contributed by atoms with E-state index in [-0.39, 0.29) is 11.3 Å². The number of ketones is 1. The van der Waals surface area contributed by atoms with Crippen LogP contribution in [0.5, 0.6) is 5.75 Å². The van der Waals surface area contributed by atoms with Crippen LogP contribution in [0.25, 0.3) is 0 Å². The summed E-state index contributed by atoms with van der Waals surface area (Å²) in [6, 6.07) is 11.0. The van der Waals surface area contributed by atoms with E-state index in [1.165, 1.54) is 25.3 Å². The van der Waals surface area contributed by atoms with Gasteiger partial charge < -0.3 is 10.5 Å². The zero-order chi connectivity index (χ0) is 14.5. The fourth-order valence-corrected chi connectivity index (χ4v) is 2.00. The number of rotatable bonds is 5. The molecule has 2 aromatic rings. The van der Waals surface area contributed by atoms with Crippen LogP contribution in [0.2, 0.25) is 0 Å². The van der Waals surface area contributed by atoms with Gasteiger partial charge in [0.1, 0.15) is 11.6 Å². The van der Waals surface area contributed by atoms with E-state index in [4.69, 9.17) is 10.5 Å². The minimum Gasteiger partial charge on any atom is -0.496 e. The second kappa shape index (κ2) is 6.30. The molecule has 0 heterocycles. The topological polar surface area (TPSA) is 52.3 Å². The number of carbonyl (C=O) groups excluding carboxylic acids is 1. The van der Waals surface area contributed by atoms with Crippen LogP contribution in [-0.4, -0.2) is 19.4 Å². The van der Waals surface area contributed by atoms with E-state index in [9.17, 15) is 9.18 Å². The van der Waals surface area contributed by atoms with Gasteiger partial charge in [-0.3, -0.25) is 4.79 Å². The summed E-state index contributed by atoms with van der Waals surface area (Å²) in [6.07, 6.45) is 0.762. The monoisotopic (exact) mass is 273 g/mol. The number of benzene rings is 2. The zero-order valence-electron chi connectivity index (χ0n) is 11.2. The van der Waals surface area contributed by atoms with Crippen molar-refractivity contribution >= 4 is 5.78 Å². The minimum atomic E-state index is -0.464. The fourth-order valence-electron chi connectivity index (χ4n) is 2.00. The minimum absolute atomic E-state index is 0.221. The van der Waals surface area contributed by atoms with E-state index >= 15 is 0 Å². The van der Waals surface area contributed by atoms with Crippen molar-refractivity contribution in [1.29, 1.82) is 0 Å². The van der Waals surface area contributed by atoms with E-state index in [1.807, 2.05) is 12.1 Å². The summed E-state index contributed by atoms with van der Waals surface area (Å²) in [5.74, 6) is -0.364. The number of hydrogen-bond donors (Lipinski definition) is 1. The highest BCUT2D eigenvalue weighted by atomic mass is 19.1. The molecule has 2 N–H and O–H groups in total. The van der Waals surface area contributed by atoms with Crippen molar-refractivity contribution in [3.8, 4) is 5.75 Å². The van der Waals surface area contributed by atoms with E-state index in [1.54, 1.807) is 12.1 Å². The van der Waals surface area contributed by atoms with Gasteiger partial charge in [0.15, 0.2) is 5.78 Å². The van der Waals surface area contributed by atoms with Gasteiger partial charge >= 0.3 is 0 Å². The van der Waals surface area contributed by atoms with Crippen LogP contribution in [-0.2, 0) is 6.42 Å². The average molecular weight is 273 g/mol. The fraction of sp³-hybridized carbons (Fsp3) is 0.188. The van der Waals surface area contributed by atoms with E-state index < -0.39 is 5.82 Å². The highest BCUT2D eigenvalue weighted by Gasteiger charge is 2.15. The Morgan fingerprint density at radius 2 is 1.90 bits per heavy atom. The molecule has 0 saturated heterocycles. The van der Waals surface area contributed by atoms with Gasteiger partial charge in [-0.05, 0) is 36.7 Å². The second-order valence-corrected chi connectivity index (χ2v) is 4.41. The highest BCUT2D eigenvalue weighted by Crippen LogP contribution is 2.22. The molecule has 0 bridgehead atoms. The van der Waals surface area contributed by atoms with Gasteiger partial charge in [0, 0.05) is 5.56 Å². The maximum absolute atomic E-state index is 13.3. The lowest BCUT2D eigenvalue weighted by atomic mass is 10.0. The quantitative estimate of drug-likeness (QED) is 0.852. The molecule has 104 valence electrons. The molecule has 0 radical (unpaired) electrons. The molecule has 20 heavy (non-hydrogen) atoms. The standard InChI is InChI=1S/C16H16FNO2/c1-20-15-7-6-13(17)10-14(15)16(19)12-4-2-11(3-5-12)8-9-18/h2-7,10H,8-9,18H2,1H3. The largest absolute Gasteiger partial charge is 0.496 e. The van der Waals surface area contributed by atoms with Gasteiger partial charge in [0.2, 0.25) is 0 Å². The molecule has 0 spiro atoms. The molecular weight excluding hydrogens is 257 g/mol. The SMILES string of the molecule is COc1ccc(F)cc1C(=O)c1ccc(CCN)cc1. The van der Waals surface area contributed by atoms with Crippen LogP contribution >= 0.6 is 0 Å². The molecule has 0 aliphatic heterocycles. The summed E-state index contributed by atoms with van der Waals surface area (Å²) in [6.45, 7) is 0.561. The normalized spacial score (nSPS) is 10.3. The predicted octanol–water partition coefficient (Wildman–Crippen LogP) is 2.57. The van der Waals surface area contributed by atoms with E-state index in [0.717, 1.165) is 12.0 Å². The molecule has 0 fully saturated rings. The van der Waals surface area contributed by atoms with E-state index in [2.05, 4.69) is 0 Å². The summed E-state index contributed by atoms with van der Waals surface area (Å²) < 4.78 is 18.4. The molecule has 2 rings (SSSR count). The van der Waals surface area contributed by atoms with Crippen LogP contribution < -0.4 is 10.5 Å². The molecule has 3 nitrogen and oxygen atoms in total. The molecule has 0 saturated carbocycles. The number of methoxy groups -OCH3 is 1. The van der Waals surface area contributed by atoms with Gasteiger partial charge in [-0.25, -0.2) is 4.39 Å². The van der Waals surface area contributed by atoms with Crippen LogP contribution in [0.4, 0.5) is 4.39 Å². The first-order chi connectivity index (χ1) is 9.65. The average Bonchev–Trinajstić information content (AvgIpc) is 2.47. The maximum atomic E-state index is 13.3. The third-order valence-corrected chi connectivity index (χ3v) is 3.06. The first kappa shape index (κ1) is 14.2. The third kappa shape index (κ3) is 3.03. The van der Waals surface area contributed by atoms with Gasteiger partial charge in [-0.1, -0.05) is 24.3 Å². The van der Waals surface area contributed by atoms with E-state index in [0.29, 0.717) is 17.9 Å². The maximum Gasteiger partial charge on any atom is 0.196 e. The van der Waals surface area contributed by atoms with Gasteiger partial charge in [-0.2, -0.15) is 0 Å². The first-order valence-corrected chi connectivity index (χ1v) is 6.33. The molecule has 0 unspecified atom stereocenters. The van der Waals surface area contributed by atoms with Crippen molar-refractivity contribution in [2.24, 2.45) is 5.73 Å². The summed E-state index contributed by atoms with van der Waals surface area (Å²) >= 11 is 0. The number of hydrogen-bond acceptors (Lipinski definition) is 3. The van der Waals surface area contributed by atoms with Crippen molar-refractivity contribution in [2.75, 3.05) is 13.7 Å². The summed E-state index contributed by atoms with van der Waals surface area (Å²) in [7, 11) is 1.45. The molecule has 0 aromatic heterocycles. The summed E-state index contributed by atoms with van der Waals surface area (Å²) in [4.78, 5) is 12.4. The number of carbonyl (C=O) groups is 1. The lowest BCUT2D eigenvalue weighted by Crippen LogP contribution is -2.06. The number of halogens is 1. The predicted molar refractivity (Wildman–Crippen MR) is 75.6 cm³/mol. The molecule has 0 aliphatic carbocycles. The Labute approximate surface area is 117 Å². The smallest absolute Gasteiger partial charge is 0.196 e.